The summed E-state index contributed by atoms with van der Waals surface area (Å²) in [6, 6.07) is 13.5. The summed E-state index contributed by atoms with van der Waals surface area (Å²) in [6.07, 6.45) is 1.73. The highest BCUT2D eigenvalue weighted by atomic mass is 16.3. The molecule has 4 nitrogen and oxygen atoms in total. The second-order valence-corrected chi connectivity index (χ2v) is 4.51. The van der Waals surface area contributed by atoms with Crippen LogP contribution in [-0.4, -0.2) is 9.97 Å². The number of aromatic amines is 1. The van der Waals surface area contributed by atoms with E-state index in [4.69, 9.17) is 10.2 Å². The molecule has 0 fully saturated rings. The lowest BCUT2D eigenvalue weighted by molar-refractivity contribution is 0.616. The number of imidazole rings is 1. The number of fused-ring (bicyclic) bond motifs is 2. The number of furan rings is 1. The minimum absolute atomic E-state index is 0.722. The van der Waals surface area contributed by atoms with Crippen molar-refractivity contribution in [2.75, 3.05) is 5.73 Å². The predicted molar refractivity (Wildman–Crippen MR) is 75.7 cm³/mol. The fourth-order valence-electron chi connectivity index (χ4n) is 2.32. The number of benzene rings is 2. The molecule has 4 aromatic rings. The van der Waals surface area contributed by atoms with Crippen LogP contribution in [0.15, 0.2) is 53.1 Å². The molecule has 0 aliphatic carbocycles. The van der Waals surface area contributed by atoms with Gasteiger partial charge in [-0.05, 0) is 24.3 Å². The predicted octanol–water partition coefficient (Wildman–Crippen LogP) is 3.56. The van der Waals surface area contributed by atoms with Crippen LogP contribution in [0.5, 0.6) is 0 Å². The third-order valence-corrected chi connectivity index (χ3v) is 3.24. The summed E-state index contributed by atoms with van der Waals surface area (Å²) in [4.78, 5) is 7.86. The molecule has 0 saturated heterocycles. The Kier molecular flexibility index (Phi) is 1.94. The van der Waals surface area contributed by atoms with Crippen molar-refractivity contribution in [1.82, 2.24) is 9.97 Å². The second kappa shape index (κ2) is 3.62. The average Bonchev–Trinajstić information content (AvgIpc) is 3.00. The van der Waals surface area contributed by atoms with Crippen molar-refractivity contribution in [1.29, 1.82) is 0 Å². The van der Waals surface area contributed by atoms with Crippen molar-refractivity contribution in [3.8, 4) is 11.4 Å². The van der Waals surface area contributed by atoms with Crippen LogP contribution in [0.2, 0.25) is 0 Å². The Morgan fingerprint density at radius 2 is 2.00 bits per heavy atom. The van der Waals surface area contributed by atoms with Gasteiger partial charge in [0.25, 0.3) is 0 Å². The van der Waals surface area contributed by atoms with E-state index in [-0.39, 0.29) is 0 Å². The van der Waals surface area contributed by atoms with E-state index >= 15 is 0 Å². The van der Waals surface area contributed by atoms with Gasteiger partial charge in [-0.2, -0.15) is 0 Å². The molecule has 0 radical (unpaired) electrons. The molecule has 92 valence electrons. The standard InChI is InChI=1S/C15H11N3O/c16-9-5-6-12-13(7-9)18-15(17-12)11-8-19-14-4-2-1-3-10(11)14/h1-8H,16H2,(H,17,18). The molecule has 0 spiro atoms. The smallest absolute Gasteiger partial charge is 0.142 e. The van der Waals surface area contributed by atoms with E-state index in [1.165, 1.54) is 0 Å². The van der Waals surface area contributed by atoms with Crippen molar-refractivity contribution < 1.29 is 4.42 Å². The molecule has 19 heavy (non-hydrogen) atoms. The number of hydrogen-bond acceptors (Lipinski definition) is 3. The number of rotatable bonds is 1. The van der Waals surface area contributed by atoms with Gasteiger partial charge >= 0.3 is 0 Å². The molecule has 0 bridgehead atoms. The van der Waals surface area contributed by atoms with E-state index in [0.717, 1.165) is 39.1 Å². The maximum Gasteiger partial charge on any atom is 0.142 e. The van der Waals surface area contributed by atoms with E-state index in [9.17, 15) is 0 Å². The summed E-state index contributed by atoms with van der Waals surface area (Å²) in [5, 5.41) is 1.05. The number of nitrogens with two attached hydrogens (primary N) is 1. The van der Waals surface area contributed by atoms with Gasteiger partial charge in [0.2, 0.25) is 0 Å². The van der Waals surface area contributed by atoms with E-state index in [0.29, 0.717) is 0 Å². The zero-order valence-corrected chi connectivity index (χ0v) is 10.1. The van der Waals surface area contributed by atoms with Crippen molar-refractivity contribution in [2.24, 2.45) is 0 Å². The summed E-state index contributed by atoms with van der Waals surface area (Å²) < 4.78 is 5.54. The SMILES string of the molecule is Nc1ccc2nc(-c3coc4ccccc34)[nH]c2c1. The van der Waals surface area contributed by atoms with Gasteiger partial charge in [-0.3, -0.25) is 0 Å². The Balaban J connectivity index is 1.99. The number of hydrogen-bond donors (Lipinski definition) is 2. The number of para-hydroxylation sites is 1. The lowest BCUT2D eigenvalue weighted by atomic mass is 10.2. The summed E-state index contributed by atoms with van der Waals surface area (Å²) in [6.45, 7) is 0. The molecule has 2 heterocycles. The summed E-state index contributed by atoms with van der Waals surface area (Å²) in [5.74, 6) is 0.797. The fourth-order valence-corrected chi connectivity index (χ4v) is 2.32. The Bertz CT molecular complexity index is 889. The number of nitrogen functional groups attached to an aromatic ring is 1. The molecule has 2 aromatic carbocycles. The number of nitrogens with zero attached hydrogens (tertiary/aromatic N) is 1. The monoisotopic (exact) mass is 249 g/mol. The first-order chi connectivity index (χ1) is 9.31. The largest absolute Gasteiger partial charge is 0.464 e. The van der Waals surface area contributed by atoms with E-state index < -0.39 is 0 Å². The van der Waals surface area contributed by atoms with E-state index in [1.807, 2.05) is 42.5 Å². The fraction of sp³-hybridized carbons (Fsp3) is 0. The Hall–Kier alpha value is -2.75. The number of H-pyrrole nitrogens is 1. The first kappa shape index (κ1) is 10.2. The van der Waals surface area contributed by atoms with Gasteiger partial charge in [0.05, 0.1) is 16.6 Å². The maximum absolute atomic E-state index is 5.78. The molecule has 2 aromatic heterocycles. The first-order valence-corrected chi connectivity index (χ1v) is 6.03. The number of nitrogens with one attached hydrogen (secondary N) is 1. The molecule has 3 N–H and O–H groups in total. The zero-order valence-electron chi connectivity index (χ0n) is 10.1. The highest BCUT2D eigenvalue weighted by Gasteiger charge is 2.11. The molecule has 0 amide bonds. The van der Waals surface area contributed by atoms with Gasteiger partial charge in [0.1, 0.15) is 17.7 Å². The van der Waals surface area contributed by atoms with Gasteiger partial charge in [0, 0.05) is 11.1 Å². The van der Waals surface area contributed by atoms with Gasteiger partial charge in [-0.1, -0.05) is 18.2 Å². The molecule has 0 unspecified atom stereocenters. The summed E-state index contributed by atoms with van der Waals surface area (Å²) >= 11 is 0. The molecule has 0 atom stereocenters. The van der Waals surface area contributed by atoms with E-state index in [2.05, 4.69) is 9.97 Å². The molecule has 0 aliphatic rings. The third kappa shape index (κ3) is 1.50. The number of anilines is 1. The van der Waals surface area contributed by atoms with Gasteiger partial charge < -0.3 is 15.1 Å². The highest BCUT2D eigenvalue weighted by Crippen LogP contribution is 2.30. The van der Waals surface area contributed by atoms with Crippen LogP contribution in [-0.2, 0) is 0 Å². The molecule has 0 aliphatic heterocycles. The quantitative estimate of drug-likeness (QED) is 0.507. The maximum atomic E-state index is 5.78. The molecule has 4 heteroatoms. The van der Waals surface area contributed by atoms with Crippen LogP contribution in [0.3, 0.4) is 0 Å². The topological polar surface area (TPSA) is 67.8 Å². The van der Waals surface area contributed by atoms with Crippen LogP contribution in [0.1, 0.15) is 0 Å². The van der Waals surface area contributed by atoms with Crippen LogP contribution in [0, 0.1) is 0 Å². The van der Waals surface area contributed by atoms with Crippen LogP contribution in [0.25, 0.3) is 33.4 Å². The van der Waals surface area contributed by atoms with Crippen LogP contribution >= 0.6 is 0 Å². The molecule has 0 saturated carbocycles. The van der Waals surface area contributed by atoms with Gasteiger partial charge in [0.15, 0.2) is 0 Å². The third-order valence-electron chi connectivity index (χ3n) is 3.24. The van der Waals surface area contributed by atoms with Gasteiger partial charge in [-0.15, -0.1) is 0 Å². The van der Waals surface area contributed by atoms with Crippen molar-refractivity contribution in [3.05, 3.63) is 48.7 Å². The average molecular weight is 249 g/mol. The van der Waals surface area contributed by atoms with Crippen LogP contribution in [0.4, 0.5) is 5.69 Å². The Labute approximate surface area is 108 Å². The zero-order chi connectivity index (χ0) is 12.8. The lowest BCUT2D eigenvalue weighted by Gasteiger charge is -1.91. The van der Waals surface area contributed by atoms with E-state index in [1.54, 1.807) is 6.26 Å². The molecular weight excluding hydrogens is 238 g/mol. The Morgan fingerprint density at radius 1 is 1.11 bits per heavy atom. The van der Waals surface area contributed by atoms with Crippen molar-refractivity contribution in [2.45, 2.75) is 0 Å². The molecule has 4 rings (SSSR count). The van der Waals surface area contributed by atoms with Crippen molar-refractivity contribution in [3.63, 3.8) is 0 Å². The number of aromatic nitrogens is 2. The minimum Gasteiger partial charge on any atom is -0.464 e. The van der Waals surface area contributed by atoms with Crippen LogP contribution < -0.4 is 5.73 Å². The minimum atomic E-state index is 0.722. The molecular formula is C15H11N3O. The summed E-state index contributed by atoms with van der Waals surface area (Å²) in [5.41, 5.74) is 10.1. The normalized spacial score (nSPS) is 11.4. The first-order valence-electron chi connectivity index (χ1n) is 6.03. The lowest BCUT2D eigenvalue weighted by Crippen LogP contribution is -1.82. The van der Waals surface area contributed by atoms with Gasteiger partial charge in [-0.25, -0.2) is 4.98 Å². The summed E-state index contributed by atoms with van der Waals surface area (Å²) in [7, 11) is 0. The highest BCUT2D eigenvalue weighted by molar-refractivity contribution is 5.94. The Morgan fingerprint density at radius 3 is 2.95 bits per heavy atom. The van der Waals surface area contributed by atoms with Crippen molar-refractivity contribution >= 4 is 27.7 Å². The second-order valence-electron chi connectivity index (χ2n) is 4.51.